The van der Waals surface area contributed by atoms with E-state index in [2.05, 4.69) is 10.4 Å². The van der Waals surface area contributed by atoms with E-state index < -0.39 is 11.7 Å². The summed E-state index contributed by atoms with van der Waals surface area (Å²) in [6.07, 6.45) is 1.41. The third-order valence-corrected chi connectivity index (χ3v) is 2.19. The highest BCUT2D eigenvalue weighted by atomic mass is 19.1. The van der Waals surface area contributed by atoms with Gasteiger partial charge in [-0.2, -0.15) is 5.10 Å². The first-order chi connectivity index (χ1) is 8.65. The second-order valence-corrected chi connectivity index (χ2v) is 3.58. The summed E-state index contributed by atoms with van der Waals surface area (Å²) in [5.74, 6) is -0.885. The molecule has 0 unspecified atom stereocenters. The highest BCUT2D eigenvalue weighted by Crippen LogP contribution is 2.08. The second-order valence-electron chi connectivity index (χ2n) is 3.58. The zero-order valence-electron chi connectivity index (χ0n) is 9.34. The van der Waals surface area contributed by atoms with E-state index in [9.17, 15) is 14.0 Å². The number of aromatic nitrogens is 2. The average molecular weight is 247 g/mol. The number of nitrogens with one attached hydrogen (secondary N) is 1. The number of hydrogen-bond donors (Lipinski definition) is 1. The molecular weight excluding hydrogens is 237 g/mol. The van der Waals surface area contributed by atoms with Gasteiger partial charge < -0.3 is 5.32 Å². The smallest absolute Gasteiger partial charge is 0.267 e. The summed E-state index contributed by atoms with van der Waals surface area (Å²) in [5, 5.41) is 6.23. The van der Waals surface area contributed by atoms with Crippen LogP contribution >= 0.6 is 0 Å². The lowest BCUT2D eigenvalue weighted by atomic mass is 10.3. The van der Waals surface area contributed by atoms with Crippen LogP contribution in [0.25, 0.3) is 0 Å². The zero-order chi connectivity index (χ0) is 13.0. The Labute approximate surface area is 102 Å². The minimum absolute atomic E-state index is 0.212. The van der Waals surface area contributed by atoms with Crippen LogP contribution in [-0.4, -0.2) is 15.7 Å². The van der Waals surface area contributed by atoms with Crippen LogP contribution in [0.3, 0.4) is 0 Å². The van der Waals surface area contributed by atoms with Crippen LogP contribution in [-0.2, 0) is 11.3 Å². The molecule has 0 atom stereocenters. The molecule has 2 rings (SSSR count). The molecule has 18 heavy (non-hydrogen) atoms. The number of rotatable bonds is 3. The molecule has 6 heteroatoms. The fraction of sp³-hybridized carbons (Fsp3) is 0.0833. The predicted octanol–water partition coefficient (Wildman–Crippen LogP) is 1.02. The molecule has 1 N–H and O–H groups in total. The maximum atomic E-state index is 12.9. The predicted molar refractivity (Wildman–Crippen MR) is 63.5 cm³/mol. The maximum Gasteiger partial charge on any atom is 0.267 e. The van der Waals surface area contributed by atoms with Gasteiger partial charge in [-0.3, -0.25) is 9.59 Å². The first-order valence-electron chi connectivity index (χ1n) is 5.23. The number of carbonyl (C=O) groups excluding carboxylic acids is 1. The minimum Gasteiger partial charge on any atom is -0.324 e. The largest absolute Gasteiger partial charge is 0.324 e. The number of nitrogens with zero attached hydrogens (tertiary/aromatic N) is 2. The lowest BCUT2D eigenvalue weighted by Crippen LogP contribution is -2.28. The van der Waals surface area contributed by atoms with Crippen molar-refractivity contribution in [1.29, 1.82) is 0 Å². The number of carbonyl (C=O) groups is 1. The van der Waals surface area contributed by atoms with E-state index in [0.29, 0.717) is 5.69 Å². The first-order valence-corrected chi connectivity index (χ1v) is 5.23. The lowest BCUT2D eigenvalue weighted by molar-refractivity contribution is -0.117. The third kappa shape index (κ3) is 3.00. The third-order valence-electron chi connectivity index (χ3n) is 2.19. The molecule has 1 amide bonds. The molecule has 1 heterocycles. The molecule has 5 nitrogen and oxygen atoms in total. The number of anilines is 1. The maximum absolute atomic E-state index is 12.9. The standard InChI is InChI=1S/C12H10FN3O2/c13-9-3-1-4-10(7-9)15-11(17)8-16-12(18)5-2-6-14-16/h1-7H,8H2,(H,15,17). The van der Waals surface area contributed by atoms with Gasteiger partial charge in [0.05, 0.1) is 0 Å². The number of benzene rings is 1. The second kappa shape index (κ2) is 5.22. The quantitative estimate of drug-likeness (QED) is 0.880. The molecule has 0 fully saturated rings. The Morgan fingerprint density at radius 1 is 1.33 bits per heavy atom. The van der Waals surface area contributed by atoms with Gasteiger partial charge in [0.1, 0.15) is 12.4 Å². The van der Waals surface area contributed by atoms with Crippen molar-refractivity contribution in [2.75, 3.05) is 5.32 Å². The number of halogens is 1. The lowest BCUT2D eigenvalue weighted by Gasteiger charge is -2.06. The van der Waals surface area contributed by atoms with Crippen molar-refractivity contribution in [3.63, 3.8) is 0 Å². The van der Waals surface area contributed by atoms with Crippen LogP contribution in [0.15, 0.2) is 47.4 Å². The van der Waals surface area contributed by atoms with E-state index in [4.69, 9.17) is 0 Å². The summed E-state index contributed by atoms with van der Waals surface area (Å²) in [4.78, 5) is 22.9. The van der Waals surface area contributed by atoms with Crippen LogP contribution in [0, 0.1) is 5.82 Å². The van der Waals surface area contributed by atoms with Gasteiger partial charge in [-0.1, -0.05) is 6.07 Å². The summed E-state index contributed by atoms with van der Waals surface area (Å²) < 4.78 is 13.9. The van der Waals surface area contributed by atoms with E-state index in [1.165, 1.54) is 36.5 Å². The Balaban J connectivity index is 2.06. The number of amides is 1. The van der Waals surface area contributed by atoms with Crippen molar-refractivity contribution in [2.24, 2.45) is 0 Å². The molecule has 0 saturated carbocycles. The molecule has 0 aliphatic rings. The van der Waals surface area contributed by atoms with Crippen LogP contribution in [0.1, 0.15) is 0 Å². The van der Waals surface area contributed by atoms with Gasteiger partial charge in [0.2, 0.25) is 5.91 Å². The van der Waals surface area contributed by atoms with Crippen molar-refractivity contribution in [1.82, 2.24) is 9.78 Å². The van der Waals surface area contributed by atoms with E-state index in [-0.39, 0.29) is 12.1 Å². The molecule has 0 spiro atoms. The van der Waals surface area contributed by atoms with Crippen LogP contribution in [0.4, 0.5) is 10.1 Å². The van der Waals surface area contributed by atoms with Crippen molar-refractivity contribution in [3.8, 4) is 0 Å². The number of hydrogen-bond acceptors (Lipinski definition) is 3. The Bertz CT molecular complexity index is 624. The van der Waals surface area contributed by atoms with E-state index >= 15 is 0 Å². The van der Waals surface area contributed by atoms with Crippen molar-refractivity contribution in [3.05, 3.63) is 58.8 Å². The Hall–Kier alpha value is -2.50. The summed E-state index contributed by atoms with van der Waals surface area (Å²) >= 11 is 0. The summed E-state index contributed by atoms with van der Waals surface area (Å²) in [5.41, 5.74) is -0.0316. The van der Waals surface area contributed by atoms with Gasteiger partial charge in [0.25, 0.3) is 5.56 Å². The first kappa shape index (κ1) is 12.0. The zero-order valence-corrected chi connectivity index (χ0v) is 9.34. The Morgan fingerprint density at radius 3 is 2.89 bits per heavy atom. The van der Waals surface area contributed by atoms with Crippen molar-refractivity contribution >= 4 is 11.6 Å². The Kier molecular flexibility index (Phi) is 3.47. The van der Waals surface area contributed by atoms with Crippen molar-refractivity contribution < 1.29 is 9.18 Å². The van der Waals surface area contributed by atoms with Gasteiger partial charge in [0.15, 0.2) is 0 Å². The molecule has 0 radical (unpaired) electrons. The fourth-order valence-corrected chi connectivity index (χ4v) is 1.41. The average Bonchev–Trinajstić information content (AvgIpc) is 2.32. The molecule has 1 aromatic heterocycles. The summed E-state index contributed by atoms with van der Waals surface area (Å²) in [6, 6.07) is 8.31. The monoisotopic (exact) mass is 247 g/mol. The van der Waals surface area contributed by atoms with Gasteiger partial charge in [-0.25, -0.2) is 9.07 Å². The van der Waals surface area contributed by atoms with Gasteiger partial charge in [-0.05, 0) is 24.3 Å². The molecule has 0 aliphatic carbocycles. The molecule has 0 saturated heterocycles. The molecule has 1 aromatic carbocycles. The van der Waals surface area contributed by atoms with Crippen molar-refractivity contribution in [2.45, 2.75) is 6.54 Å². The summed E-state index contributed by atoms with van der Waals surface area (Å²) in [6.45, 7) is -0.212. The molecule has 0 aliphatic heterocycles. The normalized spacial score (nSPS) is 10.1. The SMILES string of the molecule is O=C(Cn1ncccc1=O)Nc1cccc(F)c1. The molecular formula is C12H10FN3O2. The molecule has 0 bridgehead atoms. The van der Waals surface area contributed by atoms with Crippen LogP contribution < -0.4 is 10.9 Å². The van der Waals surface area contributed by atoms with Gasteiger partial charge in [-0.15, -0.1) is 0 Å². The van der Waals surface area contributed by atoms with Crippen LogP contribution in [0.2, 0.25) is 0 Å². The van der Waals surface area contributed by atoms with Gasteiger partial charge in [0, 0.05) is 18.0 Å². The molecule has 2 aromatic rings. The summed E-state index contributed by atoms with van der Waals surface area (Å²) in [7, 11) is 0. The minimum atomic E-state index is -0.443. The Morgan fingerprint density at radius 2 is 2.17 bits per heavy atom. The van der Waals surface area contributed by atoms with E-state index in [1.807, 2.05) is 0 Å². The highest BCUT2D eigenvalue weighted by molar-refractivity contribution is 5.90. The van der Waals surface area contributed by atoms with Gasteiger partial charge >= 0.3 is 0 Å². The van der Waals surface area contributed by atoms with E-state index in [0.717, 1.165) is 4.68 Å². The topological polar surface area (TPSA) is 64.0 Å². The van der Waals surface area contributed by atoms with Crippen LogP contribution in [0.5, 0.6) is 0 Å². The highest BCUT2D eigenvalue weighted by Gasteiger charge is 2.05. The fourth-order valence-electron chi connectivity index (χ4n) is 1.41. The molecule has 92 valence electrons. The van der Waals surface area contributed by atoms with E-state index in [1.54, 1.807) is 6.07 Å².